The molecule has 1 aliphatic rings. The molecule has 0 aliphatic heterocycles. The van der Waals surface area contributed by atoms with Crippen LogP contribution in [0.15, 0.2) is 24.5 Å². The van der Waals surface area contributed by atoms with Gasteiger partial charge in [0.2, 0.25) is 5.91 Å². The van der Waals surface area contributed by atoms with Crippen molar-refractivity contribution in [3.05, 3.63) is 46.1 Å². The van der Waals surface area contributed by atoms with Gasteiger partial charge in [0.1, 0.15) is 17.0 Å². The minimum atomic E-state index is 0.0246. The molecule has 1 N–H and O–H groups in total. The van der Waals surface area contributed by atoms with E-state index in [4.69, 9.17) is 4.74 Å². The molecule has 2 aromatic heterocycles. The lowest BCUT2D eigenvalue weighted by Crippen LogP contribution is -2.37. The molecule has 1 amide bonds. The minimum Gasteiger partial charge on any atom is -0.383 e. The largest absolute Gasteiger partial charge is 0.383 e. The van der Waals surface area contributed by atoms with Crippen molar-refractivity contribution in [1.29, 1.82) is 0 Å². The van der Waals surface area contributed by atoms with Crippen LogP contribution in [0.4, 0.5) is 11.5 Å². The number of aryl methyl sites for hydroxylation is 3. The van der Waals surface area contributed by atoms with Crippen LogP contribution < -0.4 is 5.32 Å². The molecule has 1 unspecified atom stereocenters. The fourth-order valence-electron chi connectivity index (χ4n) is 4.02. The maximum atomic E-state index is 12.8. The highest BCUT2D eigenvalue weighted by atomic mass is 32.1. The monoisotopic (exact) mass is 424 g/mol. The third-order valence-electron chi connectivity index (χ3n) is 5.97. The molecular weight excluding hydrogens is 396 g/mol. The summed E-state index contributed by atoms with van der Waals surface area (Å²) in [6, 6.07) is 6.35. The van der Waals surface area contributed by atoms with Gasteiger partial charge in [-0.15, -0.1) is 11.3 Å². The van der Waals surface area contributed by atoms with Crippen molar-refractivity contribution >= 4 is 39.0 Å². The van der Waals surface area contributed by atoms with E-state index in [-0.39, 0.29) is 11.8 Å². The lowest BCUT2D eigenvalue weighted by Gasteiger charge is -2.26. The van der Waals surface area contributed by atoms with Crippen molar-refractivity contribution in [3.8, 4) is 0 Å². The maximum absolute atomic E-state index is 12.8. The summed E-state index contributed by atoms with van der Waals surface area (Å²) in [7, 11) is 3.52. The number of fused-ring (bicyclic) bond motifs is 3. The Kier molecular flexibility index (Phi) is 6.01. The summed E-state index contributed by atoms with van der Waals surface area (Å²) in [6.45, 7) is 5.41. The van der Waals surface area contributed by atoms with Crippen LogP contribution in [0.1, 0.15) is 28.0 Å². The fraction of sp³-hybridized carbons (Fsp3) is 0.435. The highest BCUT2D eigenvalue weighted by Crippen LogP contribution is 2.40. The van der Waals surface area contributed by atoms with Crippen molar-refractivity contribution < 1.29 is 9.53 Å². The van der Waals surface area contributed by atoms with Gasteiger partial charge in [0.05, 0.1) is 12.0 Å². The molecule has 1 aliphatic carbocycles. The molecule has 6 nitrogen and oxygen atoms in total. The molecule has 7 heteroatoms. The Balaban J connectivity index is 1.60. The lowest BCUT2D eigenvalue weighted by molar-refractivity contribution is -0.135. The standard InChI is InChI=1S/C23H28N4O2S/c1-14-5-7-17(11-15(14)2)26-21-20-18-8-6-16(23(28)27(3)9-10-29-4)12-19(18)30-22(20)25-13-24-21/h5,7,11,13,16H,6,8-10,12H2,1-4H3,(H,24,25,26). The first kappa shape index (κ1) is 20.8. The minimum absolute atomic E-state index is 0.0246. The first-order valence-electron chi connectivity index (χ1n) is 10.3. The van der Waals surface area contributed by atoms with Gasteiger partial charge in [0.25, 0.3) is 0 Å². The second kappa shape index (κ2) is 8.70. The number of ether oxygens (including phenoxy) is 1. The van der Waals surface area contributed by atoms with Crippen LogP contribution in [-0.2, 0) is 22.4 Å². The van der Waals surface area contributed by atoms with Crippen LogP contribution in [0.25, 0.3) is 10.2 Å². The molecule has 0 spiro atoms. The van der Waals surface area contributed by atoms with Gasteiger partial charge in [-0.1, -0.05) is 6.07 Å². The second-order valence-electron chi connectivity index (χ2n) is 8.02. The smallest absolute Gasteiger partial charge is 0.225 e. The van der Waals surface area contributed by atoms with Crippen molar-refractivity contribution in [3.63, 3.8) is 0 Å². The molecular formula is C23H28N4O2S. The quantitative estimate of drug-likeness (QED) is 0.640. The number of carbonyl (C=O) groups excluding carboxylic acids is 1. The first-order chi connectivity index (χ1) is 14.5. The number of rotatable bonds is 6. The summed E-state index contributed by atoms with van der Waals surface area (Å²) >= 11 is 1.69. The van der Waals surface area contributed by atoms with Gasteiger partial charge in [0, 0.05) is 37.2 Å². The highest BCUT2D eigenvalue weighted by molar-refractivity contribution is 7.19. The third-order valence-corrected chi connectivity index (χ3v) is 7.13. The number of nitrogens with one attached hydrogen (secondary N) is 1. The summed E-state index contributed by atoms with van der Waals surface area (Å²) in [5.41, 5.74) is 4.84. The Morgan fingerprint density at radius 1 is 1.30 bits per heavy atom. The first-order valence-corrected chi connectivity index (χ1v) is 11.1. The normalized spacial score (nSPS) is 15.8. The number of hydrogen-bond acceptors (Lipinski definition) is 6. The third kappa shape index (κ3) is 4.04. The average molecular weight is 425 g/mol. The Hall–Kier alpha value is -2.51. The Labute approximate surface area is 181 Å². The zero-order valence-corrected chi connectivity index (χ0v) is 18.8. The van der Waals surface area contributed by atoms with E-state index in [2.05, 4.69) is 47.3 Å². The Bertz CT molecular complexity index is 1080. The van der Waals surface area contributed by atoms with E-state index in [9.17, 15) is 4.79 Å². The molecule has 1 aromatic carbocycles. The van der Waals surface area contributed by atoms with Gasteiger partial charge < -0.3 is 15.0 Å². The van der Waals surface area contributed by atoms with E-state index in [0.717, 1.165) is 41.0 Å². The number of hydrogen-bond donors (Lipinski definition) is 1. The molecule has 0 bridgehead atoms. The van der Waals surface area contributed by atoms with Crippen LogP contribution in [0, 0.1) is 19.8 Å². The van der Waals surface area contributed by atoms with E-state index in [0.29, 0.717) is 13.2 Å². The number of amides is 1. The Morgan fingerprint density at radius 3 is 2.90 bits per heavy atom. The van der Waals surface area contributed by atoms with E-state index in [1.54, 1.807) is 29.7 Å². The van der Waals surface area contributed by atoms with Gasteiger partial charge in [-0.2, -0.15) is 0 Å². The summed E-state index contributed by atoms with van der Waals surface area (Å²) in [5.74, 6) is 1.08. The molecule has 3 aromatic rings. The van der Waals surface area contributed by atoms with E-state index in [1.807, 2.05) is 7.05 Å². The number of carbonyl (C=O) groups is 1. The van der Waals surface area contributed by atoms with E-state index < -0.39 is 0 Å². The molecule has 30 heavy (non-hydrogen) atoms. The summed E-state index contributed by atoms with van der Waals surface area (Å²) < 4.78 is 5.11. The van der Waals surface area contributed by atoms with Gasteiger partial charge in [0.15, 0.2) is 0 Å². The molecule has 0 saturated heterocycles. The Morgan fingerprint density at radius 2 is 2.13 bits per heavy atom. The van der Waals surface area contributed by atoms with Gasteiger partial charge in [-0.3, -0.25) is 4.79 Å². The number of aromatic nitrogens is 2. The van der Waals surface area contributed by atoms with Gasteiger partial charge >= 0.3 is 0 Å². The van der Waals surface area contributed by atoms with Crippen molar-refractivity contribution in [1.82, 2.24) is 14.9 Å². The van der Waals surface area contributed by atoms with Crippen molar-refractivity contribution in [2.24, 2.45) is 5.92 Å². The van der Waals surface area contributed by atoms with Crippen molar-refractivity contribution in [2.75, 3.05) is 32.6 Å². The van der Waals surface area contributed by atoms with Crippen LogP contribution in [0.3, 0.4) is 0 Å². The topological polar surface area (TPSA) is 67.3 Å². The zero-order valence-electron chi connectivity index (χ0n) is 18.0. The molecule has 158 valence electrons. The van der Waals surface area contributed by atoms with E-state index >= 15 is 0 Å². The van der Waals surface area contributed by atoms with Gasteiger partial charge in [-0.25, -0.2) is 9.97 Å². The van der Waals surface area contributed by atoms with Crippen LogP contribution >= 0.6 is 11.3 Å². The predicted octanol–water partition coefficient (Wildman–Crippen LogP) is 4.26. The zero-order chi connectivity index (χ0) is 21.3. The predicted molar refractivity (Wildman–Crippen MR) is 122 cm³/mol. The maximum Gasteiger partial charge on any atom is 0.225 e. The molecule has 0 radical (unpaired) electrons. The summed E-state index contributed by atoms with van der Waals surface area (Å²) in [4.78, 5) is 25.9. The molecule has 0 saturated carbocycles. The van der Waals surface area contributed by atoms with Gasteiger partial charge in [-0.05, 0) is 61.9 Å². The van der Waals surface area contributed by atoms with Crippen molar-refractivity contribution in [2.45, 2.75) is 33.1 Å². The summed E-state index contributed by atoms with van der Waals surface area (Å²) in [5, 5.41) is 4.60. The lowest BCUT2D eigenvalue weighted by atomic mass is 9.87. The SMILES string of the molecule is COCCN(C)C(=O)C1CCc2c(sc3ncnc(Nc4ccc(C)c(C)c4)c23)C1. The number of thiophene rings is 1. The molecule has 4 rings (SSSR count). The van der Waals surface area contributed by atoms with Crippen LogP contribution in [-0.4, -0.2) is 48.1 Å². The number of nitrogens with zero attached hydrogens (tertiary/aromatic N) is 3. The average Bonchev–Trinajstić information content (AvgIpc) is 3.12. The molecule has 0 fully saturated rings. The molecule has 1 atom stereocenters. The van der Waals surface area contributed by atoms with E-state index in [1.165, 1.54) is 21.6 Å². The highest BCUT2D eigenvalue weighted by Gasteiger charge is 2.30. The molecule has 2 heterocycles. The van der Waals surface area contributed by atoms with Crippen LogP contribution in [0.5, 0.6) is 0 Å². The number of likely N-dealkylation sites (N-methyl/N-ethyl adjacent to an activating group) is 1. The fourth-order valence-corrected chi connectivity index (χ4v) is 5.29. The number of methoxy groups -OCH3 is 1. The summed E-state index contributed by atoms with van der Waals surface area (Å²) in [6.07, 6.45) is 4.12. The number of anilines is 2. The second-order valence-corrected chi connectivity index (χ2v) is 9.11. The number of benzene rings is 1. The van der Waals surface area contributed by atoms with Crippen LogP contribution in [0.2, 0.25) is 0 Å².